The molecular weight excluding hydrogens is 783 g/mol. The first-order valence-electron chi connectivity index (χ1n) is 25.1. The molecule has 0 rings (SSSR count). The summed E-state index contributed by atoms with van der Waals surface area (Å²) in [6, 6.07) is 0. The summed E-state index contributed by atoms with van der Waals surface area (Å²) in [5.41, 5.74) is 0. The Morgan fingerprint density at radius 3 is 1.48 bits per heavy atom. The molecule has 0 aromatic heterocycles. The minimum atomic E-state index is -0.781. The molecule has 10 nitrogen and oxygen atoms in total. The van der Waals surface area contributed by atoms with E-state index < -0.39 is 12.1 Å². The largest absolute Gasteiger partial charge is 0.508 e. The van der Waals surface area contributed by atoms with Crippen LogP contribution in [0, 0.1) is 5.92 Å². The Balaban J connectivity index is 4.79. The van der Waals surface area contributed by atoms with E-state index in [1.54, 1.807) is 0 Å². The maximum Gasteiger partial charge on any atom is 0.508 e. The number of esters is 2. The van der Waals surface area contributed by atoms with Gasteiger partial charge < -0.3 is 33.3 Å². The van der Waals surface area contributed by atoms with Crippen molar-refractivity contribution in [1.82, 2.24) is 4.90 Å². The predicted molar refractivity (Wildman–Crippen MR) is 255 cm³/mol. The monoisotopic (exact) mass is 876 g/mol. The molecule has 0 aliphatic carbocycles. The van der Waals surface area contributed by atoms with Gasteiger partial charge in [-0.3, -0.25) is 9.59 Å². The van der Waals surface area contributed by atoms with Crippen molar-refractivity contribution in [2.75, 3.05) is 59.3 Å². The number of nitrogens with zero attached hydrogens (tertiary/aromatic N) is 1. The number of unbranched alkanes of at least 4 members (excludes halogenated alkanes) is 13. The highest BCUT2D eigenvalue weighted by molar-refractivity contribution is 5.69. The molecule has 360 valence electrons. The van der Waals surface area contributed by atoms with Gasteiger partial charge in [0.15, 0.2) is 6.29 Å². The summed E-state index contributed by atoms with van der Waals surface area (Å²) in [6.07, 6.45) is 40.9. The number of allylic oxidation sites excluding steroid dienone is 6. The van der Waals surface area contributed by atoms with E-state index in [2.05, 4.69) is 88.1 Å². The summed E-state index contributed by atoms with van der Waals surface area (Å²) < 4.78 is 34.0. The van der Waals surface area contributed by atoms with E-state index >= 15 is 0 Å². The first kappa shape index (κ1) is 59.0. The predicted octanol–water partition coefficient (Wildman–Crippen LogP) is 13.6. The SMILES string of the molecule is CCCC/C=C\CCOC(CCCCC(=O)OCC(COC(=O)CCCCCCC/C=C\C/C=C\CCCCC)COC(=O)OCCCN(CC)CC)OCC/C=C\CCCC. The second-order valence-corrected chi connectivity index (χ2v) is 16.2. The fourth-order valence-electron chi connectivity index (χ4n) is 6.45. The van der Waals surface area contributed by atoms with Crippen molar-refractivity contribution in [2.24, 2.45) is 5.92 Å². The zero-order valence-electron chi connectivity index (χ0n) is 40.4. The summed E-state index contributed by atoms with van der Waals surface area (Å²) in [5.74, 6) is -1.16. The van der Waals surface area contributed by atoms with Crippen LogP contribution >= 0.6 is 0 Å². The third kappa shape index (κ3) is 42.4. The molecule has 0 bridgehead atoms. The lowest BCUT2D eigenvalue weighted by molar-refractivity contribution is -0.151. The third-order valence-electron chi connectivity index (χ3n) is 10.5. The molecule has 0 fully saturated rings. The Kier molecular flexibility index (Phi) is 45.3. The van der Waals surface area contributed by atoms with Gasteiger partial charge in [-0.15, -0.1) is 0 Å². The molecule has 0 aliphatic rings. The lowest BCUT2D eigenvalue weighted by Crippen LogP contribution is -2.27. The minimum absolute atomic E-state index is 0.0143. The molecule has 0 heterocycles. The van der Waals surface area contributed by atoms with Crippen molar-refractivity contribution >= 4 is 18.1 Å². The van der Waals surface area contributed by atoms with Crippen LogP contribution in [0.1, 0.15) is 195 Å². The normalized spacial score (nSPS) is 12.5. The minimum Gasteiger partial charge on any atom is -0.465 e. The number of rotatable bonds is 45. The second kappa shape index (κ2) is 47.5. The summed E-state index contributed by atoms with van der Waals surface area (Å²) >= 11 is 0. The van der Waals surface area contributed by atoms with Gasteiger partial charge in [0.1, 0.15) is 19.8 Å². The van der Waals surface area contributed by atoms with Crippen LogP contribution in [0.25, 0.3) is 0 Å². The van der Waals surface area contributed by atoms with Crippen LogP contribution < -0.4 is 0 Å². The summed E-state index contributed by atoms with van der Waals surface area (Å²) in [4.78, 5) is 40.1. The first-order valence-corrected chi connectivity index (χ1v) is 25.1. The second-order valence-electron chi connectivity index (χ2n) is 16.2. The third-order valence-corrected chi connectivity index (χ3v) is 10.5. The Morgan fingerprint density at radius 1 is 0.452 bits per heavy atom. The average Bonchev–Trinajstić information content (AvgIpc) is 3.27. The maximum absolute atomic E-state index is 12.8. The van der Waals surface area contributed by atoms with Crippen LogP contribution in [0.5, 0.6) is 0 Å². The Bertz CT molecular complexity index is 1110. The van der Waals surface area contributed by atoms with E-state index in [4.69, 9.17) is 28.4 Å². The molecule has 0 amide bonds. The van der Waals surface area contributed by atoms with Crippen molar-refractivity contribution in [2.45, 2.75) is 201 Å². The van der Waals surface area contributed by atoms with Crippen molar-refractivity contribution in [1.29, 1.82) is 0 Å². The smallest absolute Gasteiger partial charge is 0.465 e. The highest BCUT2D eigenvalue weighted by Gasteiger charge is 2.19. The van der Waals surface area contributed by atoms with Crippen molar-refractivity contribution in [3.05, 3.63) is 48.6 Å². The molecule has 0 radical (unpaired) electrons. The van der Waals surface area contributed by atoms with Gasteiger partial charge >= 0.3 is 18.1 Å². The number of ether oxygens (including phenoxy) is 6. The number of hydrogen-bond acceptors (Lipinski definition) is 10. The van der Waals surface area contributed by atoms with E-state index in [0.717, 1.165) is 96.7 Å². The van der Waals surface area contributed by atoms with E-state index in [-0.39, 0.29) is 51.1 Å². The summed E-state index contributed by atoms with van der Waals surface area (Å²) in [6.45, 7) is 14.8. The van der Waals surface area contributed by atoms with Gasteiger partial charge in [-0.1, -0.05) is 141 Å². The molecule has 10 heteroatoms. The lowest BCUT2D eigenvalue weighted by Gasteiger charge is -2.19. The molecule has 0 N–H and O–H groups in total. The average molecular weight is 876 g/mol. The standard InChI is InChI=1S/C52H93NO9/c1-6-11-14-17-20-21-22-23-24-25-26-27-28-29-32-38-49(54)60-45-48(47-62-52(56)59-44-37-41-53(9-4)10-5)46-61-50(55)39-33-34-40-51(57-42-35-30-18-15-12-7-2)58-43-36-31-19-16-13-8-3/h18-21,23-24,30-31,48,51H,6-17,22,25-29,32-47H2,1-5H3/b21-20-,24-23-,30-18-,31-19-. The van der Waals surface area contributed by atoms with Gasteiger partial charge in [0.05, 0.1) is 25.7 Å². The maximum atomic E-state index is 12.8. The number of carbonyl (C=O) groups is 3. The van der Waals surface area contributed by atoms with Crippen LogP contribution in [0.2, 0.25) is 0 Å². The first-order chi connectivity index (χ1) is 30.4. The summed E-state index contributed by atoms with van der Waals surface area (Å²) in [7, 11) is 0. The van der Waals surface area contributed by atoms with Crippen LogP contribution in [-0.2, 0) is 38.0 Å². The van der Waals surface area contributed by atoms with Crippen molar-refractivity contribution < 1.29 is 42.8 Å². The number of carbonyl (C=O) groups excluding carboxylic acids is 3. The van der Waals surface area contributed by atoms with Crippen LogP contribution in [0.15, 0.2) is 48.6 Å². The fourth-order valence-corrected chi connectivity index (χ4v) is 6.45. The molecule has 0 aromatic rings. The molecule has 62 heavy (non-hydrogen) atoms. The highest BCUT2D eigenvalue weighted by Crippen LogP contribution is 2.13. The van der Waals surface area contributed by atoms with E-state index in [1.807, 2.05) is 0 Å². The van der Waals surface area contributed by atoms with Crippen LogP contribution in [0.4, 0.5) is 4.79 Å². The molecule has 0 saturated heterocycles. The molecule has 0 aromatic carbocycles. The zero-order chi connectivity index (χ0) is 45.4. The lowest BCUT2D eigenvalue weighted by atomic mass is 10.1. The fraction of sp³-hybridized carbons (Fsp3) is 0.788. The Hall–Kier alpha value is -2.95. The van der Waals surface area contributed by atoms with Gasteiger partial charge in [-0.05, 0) is 103 Å². The van der Waals surface area contributed by atoms with E-state index in [0.29, 0.717) is 38.9 Å². The van der Waals surface area contributed by atoms with Crippen LogP contribution in [-0.4, -0.2) is 88.6 Å². The van der Waals surface area contributed by atoms with Gasteiger partial charge in [-0.25, -0.2) is 4.79 Å². The highest BCUT2D eigenvalue weighted by atomic mass is 16.7. The van der Waals surface area contributed by atoms with Crippen molar-refractivity contribution in [3.63, 3.8) is 0 Å². The molecule has 0 spiro atoms. The van der Waals surface area contributed by atoms with E-state index in [9.17, 15) is 14.4 Å². The molecule has 1 unspecified atom stereocenters. The van der Waals surface area contributed by atoms with Gasteiger partial charge in [0, 0.05) is 19.4 Å². The molecule has 0 saturated carbocycles. The van der Waals surface area contributed by atoms with E-state index in [1.165, 1.54) is 51.4 Å². The van der Waals surface area contributed by atoms with Gasteiger partial charge in [0.25, 0.3) is 0 Å². The number of hydrogen-bond donors (Lipinski definition) is 0. The van der Waals surface area contributed by atoms with Gasteiger partial charge in [0.2, 0.25) is 0 Å². The zero-order valence-corrected chi connectivity index (χ0v) is 40.4. The van der Waals surface area contributed by atoms with Crippen molar-refractivity contribution in [3.8, 4) is 0 Å². The quantitative estimate of drug-likeness (QED) is 0.0193. The van der Waals surface area contributed by atoms with Crippen LogP contribution in [0.3, 0.4) is 0 Å². The Labute approximate surface area is 380 Å². The topological polar surface area (TPSA) is 110 Å². The Morgan fingerprint density at radius 2 is 0.919 bits per heavy atom. The molecule has 0 aliphatic heterocycles. The summed E-state index contributed by atoms with van der Waals surface area (Å²) in [5, 5.41) is 0. The molecule has 1 atom stereocenters. The molecular formula is C52H93NO9. The van der Waals surface area contributed by atoms with Gasteiger partial charge in [-0.2, -0.15) is 0 Å².